The molecule has 0 atom stereocenters. The average Bonchev–Trinajstić information content (AvgIpc) is 2.64. The van der Waals surface area contributed by atoms with E-state index in [-0.39, 0.29) is 17.3 Å². The number of rotatable bonds is 4. The number of carbonyl (C=O) groups is 2. The zero-order chi connectivity index (χ0) is 19.4. The molecule has 0 aliphatic carbocycles. The summed E-state index contributed by atoms with van der Waals surface area (Å²) in [5.74, 6) is -0.924. The summed E-state index contributed by atoms with van der Waals surface area (Å²) in [5.41, 5.74) is 13.6. The Kier molecular flexibility index (Phi) is 4.94. The van der Waals surface area contributed by atoms with Gasteiger partial charge in [-0.05, 0) is 54.6 Å². The van der Waals surface area contributed by atoms with Crippen molar-refractivity contribution >= 4 is 34.6 Å². The summed E-state index contributed by atoms with van der Waals surface area (Å²) in [4.78, 5) is 24.6. The fraction of sp³-hybridized carbons (Fsp3) is 0. The lowest BCUT2D eigenvalue weighted by molar-refractivity contribution is 0.101. The van der Waals surface area contributed by atoms with Crippen LogP contribution in [0.25, 0.3) is 0 Å². The monoisotopic (exact) mass is 362 g/mol. The van der Waals surface area contributed by atoms with Crippen LogP contribution in [0.5, 0.6) is 5.75 Å². The van der Waals surface area contributed by atoms with E-state index in [0.29, 0.717) is 28.2 Å². The first-order chi connectivity index (χ1) is 12.9. The molecule has 0 bridgehead atoms. The molecular formula is C20H18N4O3. The van der Waals surface area contributed by atoms with Crippen LogP contribution in [-0.2, 0) is 0 Å². The molecule has 27 heavy (non-hydrogen) atoms. The van der Waals surface area contributed by atoms with Gasteiger partial charge in [-0.1, -0.05) is 12.1 Å². The smallest absolute Gasteiger partial charge is 0.255 e. The number of phenolic OH excluding ortho intramolecular Hbond substituents is 1. The van der Waals surface area contributed by atoms with Gasteiger partial charge in [0.2, 0.25) is 0 Å². The number of aromatic hydroxyl groups is 1. The highest BCUT2D eigenvalue weighted by Gasteiger charge is 2.12. The van der Waals surface area contributed by atoms with Gasteiger partial charge >= 0.3 is 0 Å². The van der Waals surface area contributed by atoms with Gasteiger partial charge < -0.3 is 27.2 Å². The Morgan fingerprint density at radius 2 is 1.30 bits per heavy atom. The van der Waals surface area contributed by atoms with E-state index < -0.39 is 5.91 Å². The Balaban J connectivity index is 1.78. The van der Waals surface area contributed by atoms with Gasteiger partial charge in [0.1, 0.15) is 5.75 Å². The maximum Gasteiger partial charge on any atom is 0.255 e. The van der Waals surface area contributed by atoms with E-state index in [2.05, 4.69) is 10.6 Å². The number of hydrogen-bond donors (Lipinski definition) is 5. The summed E-state index contributed by atoms with van der Waals surface area (Å²) in [7, 11) is 0. The molecule has 0 spiro atoms. The third kappa shape index (κ3) is 4.35. The van der Waals surface area contributed by atoms with E-state index >= 15 is 0 Å². The summed E-state index contributed by atoms with van der Waals surface area (Å²) in [6, 6.07) is 17.4. The molecule has 3 aromatic carbocycles. The van der Waals surface area contributed by atoms with E-state index in [0.717, 1.165) is 0 Å². The summed E-state index contributed by atoms with van der Waals surface area (Å²) in [6.45, 7) is 0. The first kappa shape index (κ1) is 17.8. The third-order valence-electron chi connectivity index (χ3n) is 3.80. The van der Waals surface area contributed by atoms with Crippen LogP contribution in [0, 0.1) is 0 Å². The standard InChI is InChI=1S/C20H18N4O3/c21-14-5-1-3-12(9-14)19(26)23-16-7-8-18(25)17(11-16)24-20(27)13-4-2-6-15(22)10-13/h1-11,25H,21-22H2,(H,23,26)(H,24,27). The van der Waals surface area contributed by atoms with Crippen molar-refractivity contribution < 1.29 is 14.7 Å². The molecular weight excluding hydrogens is 344 g/mol. The molecule has 7 nitrogen and oxygen atoms in total. The van der Waals surface area contributed by atoms with Gasteiger partial charge in [-0.25, -0.2) is 0 Å². The molecule has 0 aliphatic rings. The van der Waals surface area contributed by atoms with Crippen LogP contribution in [-0.4, -0.2) is 16.9 Å². The molecule has 0 aliphatic heterocycles. The Morgan fingerprint density at radius 3 is 1.85 bits per heavy atom. The molecule has 7 N–H and O–H groups in total. The number of amides is 2. The highest BCUT2D eigenvalue weighted by molar-refractivity contribution is 6.07. The molecule has 0 heterocycles. The molecule has 136 valence electrons. The highest BCUT2D eigenvalue weighted by atomic mass is 16.3. The molecule has 2 amide bonds. The normalized spacial score (nSPS) is 10.2. The quantitative estimate of drug-likeness (QED) is 0.277. The predicted molar refractivity (Wildman–Crippen MR) is 106 cm³/mol. The Labute approximate surface area is 155 Å². The zero-order valence-corrected chi connectivity index (χ0v) is 14.3. The van der Waals surface area contributed by atoms with Gasteiger partial charge in [0.25, 0.3) is 11.8 Å². The molecule has 7 heteroatoms. The second-order valence-electron chi connectivity index (χ2n) is 5.89. The van der Waals surface area contributed by atoms with Gasteiger partial charge in [0, 0.05) is 28.2 Å². The fourth-order valence-electron chi connectivity index (χ4n) is 2.47. The summed E-state index contributed by atoms with van der Waals surface area (Å²) in [6.07, 6.45) is 0. The molecule has 0 aromatic heterocycles. The number of benzene rings is 3. The predicted octanol–water partition coefficient (Wildman–Crippen LogP) is 3.06. The minimum atomic E-state index is -0.433. The minimum Gasteiger partial charge on any atom is -0.506 e. The number of hydrogen-bond acceptors (Lipinski definition) is 5. The van der Waals surface area contributed by atoms with Crippen molar-refractivity contribution in [3.63, 3.8) is 0 Å². The highest BCUT2D eigenvalue weighted by Crippen LogP contribution is 2.27. The second-order valence-corrected chi connectivity index (χ2v) is 5.89. The van der Waals surface area contributed by atoms with Crippen molar-refractivity contribution in [2.75, 3.05) is 22.1 Å². The average molecular weight is 362 g/mol. The molecule has 0 unspecified atom stereocenters. The van der Waals surface area contributed by atoms with E-state index in [1.54, 1.807) is 42.5 Å². The lowest BCUT2D eigenvalue weighted by Crippen LogP contribution is -2.14. The van der Waals surface area contributed by atoms with Gasteiger partial charge in [0.15, 0.2) is 0 Å². The molecule has 0 radical (unpaired) electrons. The Hall–Kier alpha value is -4.00. The lowest BCUT2D eigenvalue weighted by Gasteiger charge is -2.11. The number of anilines is 4. The molecule has 0 saturated carbocycles. The number of nitrogens with two attached hydrogens (primary N) is 2. The van der Waals surface area contributed by atoms with Crippen molar-refractivity contribution in [2.45, 2.75) is 0 Å². The van der Waals surface area contributed by atoms with Crippen LogP contribution in [0.4, 0.5) is 22.7 Å². The second kappa shape index (κ2) is 7.49. The number of nitrogen functional groups attached to an aromatic ring is 2. The maximum absolute atomic E-state index is 12.3. The van der Waals surface area contributed by atoms with Crippen LogP contribution in [0.1, 0.15) is 20.7 Å². The zero-order valence-electron chi connectivity index (χ0n) is 14.3. The SMILES string of the molecule is Nc1cccc(C(=O)Nc2ccc(O)c(NC(=O)c3cccc(N)c3)c2)c1. The number of nitrogens with one attached hydrogen (secondary N) is 2. The van der Waals surface area contributed by atoms with Crippen LogP contribution in [0.3, 0.4) is 0 Å². The van der Waals surface area contributed by atoms with E-state index in [1.807, 2.05) is 0 Å². The maximum atomic E-state index is 12.3. The molecule has 3 rings (SSSR count). The summed E-state index contributed by atoms with van der Waals surface area (Å²) >= 11 is 0. The topological polar surface area (TPSA) is 130 Å². The lowest BCUT2D eigenvalue weighted by atomic mass is 10.1. The van der Waals surface area contributed by atoms with Crippen LogP contribution in [0.15, 0.2) is 66.7 Å². The van der Waals surface area contributed by atoms with E-state index in [4.69, 9.17) is 11.5 Å². The Bertz CT molecular complexity index is 1020. The summed E-state index contributed by atoms with van der Waals surface area (Å²) < 4.78 is 0. The largest absolute Gasteiger partial charge is 0.506 e. The molecule has 0 saturated heterocycles. The first-order valence-corrected chi connectivity index (χ1v) is 8.09. The Morgan fingerprint density at radius 1 is 0.741 bits per heavy atom. The summed E-state index contributed by atoms with van der Waals surface area (Å²) in [5, 5.41) is 15.3. The molecule has 0 fully saturated rings. The first-order valence-electron chi connectivity index (χ1n) is 8.09. The van der Waals surface area contributed by atoms with Gasteiger partial charge in [0.05, 0.1) is 5.69 Å². The van der Waals surface area contributed by atoms with Crippen LogP contribution in [0.2, 0.25) is 0 Å². The van der Waals surface area contributed by atoms with Crippen molar-refractivity contribution in [2.24, 2.45) is 0 Å². The van der Waals surface area contributed by atoms with Crippen molar-refractivity contribution in [1.82, 2.24) is 0 Å². The van der Waals surface area contributed by atoms with Crippen LogP contribution >= 0.6 is 0 Å². The number of phenols is 1. The van der Waals surface area contributed by atoms with E-state index in [9.17, 15) is 14.7 Å². The van der Waals surface area contributed by atoms with Crippen molar-refractivity contribution in [3.8, 4) is 5.75 Å². The van der Waals surface area contributed by atoms with Gasteiger partial charge in [-0.3, -0.25) is 9.59 Å². The van der Waals surface area contributed by atoms with Crippen LogP contribution < -0.4 is 22.1 Å². The molecule has 3 aromatic rings. The van der Waals surface area contributed by atoms with E-state index in [1.165, 1.54) is 24.3 Å². The fourth-order valence-corrected chi connectivity index (χ4v) is 2.47. The van der Waals surface area contributed by atoms with Gasteiger partial charge in [-0.2, -0.15) is 0 Å². The van der Waals surface area contributed by atoms with Gasteiger partial charge in [-0.15, -0.1) is 0 Å². The third-order valence-corrected chi connectivity index (χ3v) is 3.80. The van der Waals surface area contributed by atoms with Crippen molar-refractivity contribution in [1.29, 1.82) is 0 Å². The number of carbonyl (C=O) groups excluding carboxylic acids is 2. The van der Waals surface area contributed by atoms with Crippen molar-refractivity contribution in [3.05, 3.63) is 77.9 Å². The minimum absolute atomic E-state index is 0.130.